The first-order chi connectivity index (χ1) is 12.6. The number of hydrogen-bond acceptors (Lipinski definition) is 4. The minimum absolute atomic E-state index is 0.0446. The van der Waals surface area contributed by atoms with Crippen molar-refractivity contribution in [1.29, 1.82) is 0 Å². The second kappa shape index (κ2) is 7.99. The van der Waals surface area contributed by atoms with Gasteiger partial charge >= 0.3 is 0 Å². The molecule has 0 heterocycles. The lowest BCUT2D eigenvalue weighted by Crippen LogP contribution is -2.45. The number of nitro benzene ring substituents is 1. The first-order valence-electron chi connectivity index (χ1n) is 8.52. The maximum Gasteiger partial charge on any atom is 0.272 e. The molecular formula is C20H23N3O4. The molecule has 2 amide bonds. The lowest BCUT2D eigenvalue weighted by atomic mass is 9.86. The van der Waals surface area contributed by atoms with E-state index in [4.69, 9.17) is 5.73 Å². The number of nitrogens with two attached hydrogens (primary N) is 1. The van der Waals surface area contributed by atoms with Gasteiger partial charge in [0.15, 0.2) is 0 Å². The minimum atomic E-state index is -1.05. The number of nitrogens with one attached hydrogen (secondary N) is 1. The highest BCUT2D eigenvalue weighted by Gasteiger charge is 2.24. The fourth-order valence-corrected chi connectivity index (χ4v) is 2.67. The Morgan fingerprint density at radius 2 is 1.70 bits per heavy atom. The van der Waals surface area contributed by atoms with Crippen molar-refractivity contribution in [2.75, 3.05) is 0 Å². The summed E-state index contributed by atoms with van der Waals surface area (Å²) in [6.45, 7) is 6.20. The molecule has 142 valence electrons. The maximum absolute atomic E-state index is 12.5. The predicted octanol–water partition coefficient (Wildman–Crippen LogP) is 2.72. The van der Waals surface area contributed by atoms with Gasteiger partial charge in [-0.15, -0.1) is 0 Å². The summed E-state index contributed by atoms with van der Waals surface area (Å²) in [6.07, 6.45) is -0.0572. The zero-order valence-corrected chi connectivity index (χ0v) is 15.6. The molecule has 0 aliphatic rings. The molecule has 3 N–H and O–H groups in total. The Kier molecular flexibility index (Phi) is 5.95. The number of carbonyl (C=O) groups is 2. The quantitative estimate of drug-likeness (QED) is 0.601. The van der Waals surface area contributed by atoms with E-state index in [0.29, 0.717) is 11.1 Å². The van der Waals surface area contributed by atoms with Gasteiger partial charge in [-0.1, -0.05) is 51.1 Å². The summed E-state index contributed by atoms with van der Waals surface area (Å²) >= 11 is 0. The van der Waals surface area contributed by atoms with Crippen LogP contribution in [-0.4, -0.2) is 22.8 Å². The smallest absolute Gasteiger partial charge is 0.272 e. The zero-order valence-electron chi connectivity index (χ0n) is 15.6. The molecule has 2 aromatic carbocycles. The molecule has 0 aliphatic carbocycles. The molecule has 0 aliphatic heterocycles. The topological polar surface area (TPSA) is 115 Å². The van der Waals surface area contributed by atoms with Crippen LogP contribution in [0.25, 0.3) is 0 Å². The summed E-state index contributed by atoms with van der Waals surface area (Å²) in [5, 5.41) is 13.7. The Morgan fingerprint density at radius 3 is 2.22 bits per heavy atom. The summed E-state index contributed by atoms with van der Waals surface area (Å²) in [7, 11) is 0. The van der Waals surface area contributed by atoms with Crippen LogP contribution in [0.15, 0.2) is 48.5 Å². The third kappa shape index (κ3) is 5.13. The molecule has 0 fully saturated rings. The first-order valence-corrected chi connectivity index (χ1v) is 8.52. The standard InChI is InChI=1S/C20H23N3O4/c1-20(2,3)15-10-8-13(9-11-15)19(25)22-16(18(21)24)12-14-6-4-5-7-17(14)23(26)27/h4-11,16H,12H2,1-3H3,(H2,21,24)(H,22,25)/t16-/m0/s1. The van der Waals surface area contributed by atoms with E-state index in [1.165, 1.54) is 12.1 Å². The number of carbonyl (C=O) groups excluding carboxylic acids is 2. The van der Waals surface area contributed by atoms with Crippen LogP contribution in [0.2, 0.25) is 0 Å². The van der Waals surface area contributed by atoms with E-state index in [1.54, 1.807) is 24.3 Å². The van der Waals surface area contributed by atoms with Crippen LogP contribution in [0.1, 0.15) is 42.3 Å². The zero-order chi connectivity index (χ0) is 20.2. The molecule has 2 aromatic rings. The molecule has 0 unspecified atom stereocenters. The Labute approximate surface area is 157 Å². The second-order valence-electron chi connectivity index (χ2n) is 7.35. The van der Waals surface area contributed by atoms with Crippen LogP contribution in [0.3, 0.4) is 0 Å². The molecule has 0 saturated carbocycles. The second-order valence-corrected chi connectivity index (χ2v) is 7.35. The van der Waals surface area contributed by atoms with E-state index in [-0.39, 0.29) is 17.5 Å². The fraction of sp³-hybridized carbons (Fsp3) is 0.300. The summed E-state index contributed by atoms with van der Waals surface area (Å²) in [5.74, 6) is -1.22. The molecule has 7 nitrogen and oxygen atoms in total. The van der Waals surface area contributed by atoms with Crippen molar-refractivity contribution in [3.05, 3.63) is 75.3 Å². The minimum Gasteiger partial charge on any atom is -0.368 e. The van der Waals surface area contributed by atoms with Crippen molar-refractivity contribution in [2.24, 2.45) is 5.73 Å². The van der Waals surface area contributed by atoms with Crippen molar-refractivity contribution >= 4 is 17.5 Å². The molecule has 0 bridgehead atoms. The number of benzene rings is 2. The van der Waals surface area contributed by atoms with Crippen molar-refractivity contribution in [1.82, 2.24) is 5.32 Å². The van der Waals surface area contributed by atoms with Crippen molar-refractivity contribution in [3.63, 3.8) is 0 Å². The molecular weight excluding hydrogens is 346 g/mol. The fourth-order valence-electron chi connectivity index (χ4n) is 2.67. The number of amides is 2. The number of hydrogen-bond donors (Lipinski definition) is 2. The van der Waals surface area contributed by atoms with Gasteiger partial charge in [0, 0.05) is 23.6 Å². The molecule has 0 aromatic heterocycles. The van der Waals surface area contributed by atoms with Crippen LogP contribution < -0.4 is 11.1 Å². The van der Waals surface area contributed by atoms with E-state index in [9.17, 15) is 19.7 Å². The predicted molar refractivity (Wildman–Crippen MR) is 102 cm³/mol. The summed E-state index contributed by atoms with van der Waals surface area (Å²) < 4.78 is 0. The molecule has 0 spiro atoms. The Balaban J connectivity index is 2.18. The van der Waals surface area contributed by atoms with Crippen molar-refractivity contribution < 1.29 is 14.5 Å². The highest BCUT2D eigenvalue weighted by molar-refractivity contribution is 5.97. The molecule has 7 heteroatoms. The Morgan fingerprint density at radius 1 is 1.11 bits per heavy atom. The third-order valence-corrected chi connectivity index (χ3v) is 4.27. The first kappa shape index (κ1) is 20.1. The number of rotatable bonds is 6. The largest absolute Gasteiger partial charge is 0.368 e. The van der Waals surface area contributed by atoms with Gasteiger partial charge in [-0.25, -0.2) is 0 Å². The van der Waals surface area contributed by atoms with Gasteiger partial charge < -0.3 is 11.1 Å². The monoisotopic (exact) mass is 369 g/mol. The van der Waals surface area contributed by atoms with Gasteiger partial charge in [0.1, 0.15) is 6.04 Å². The number of nitro groups is 1. The summed E-state index contributed by atoms with van der Waals surface area (Å²) in [6, 6.07) is 12.1. The average molecular weight is 369 g/mol. The summed E-state index contributed by atoms with van der Waals surface area (Å²) in [4.78, 5) is 34.9. The number of primary amides is 1. The average Bonchev–Trinajstić information content (AvgIpc) is 2.60. The molecule has 0 radical (unpaired) electrons. The summed E-state index contributed by atoms with van der Waals surface area (Å²) in [5.41, 5.74) is 7.02. The van der Waals surface area contributed by atoms with Crippen LogP contribution in [0, 0.1) is 10.1 Å². The SMILES string of the molecule is CC(C)(C)c1ccc(C(=O)N[C@@H](Cc2ccccc2[N+](=O)[O-])C(N)=O)cc1. The van der Waals surface area contributed by atoms with Gasteiger partial charge in [-0.05, 0) is 23.1 Å². The van der Waals surface area contributed by atoms with Crippen LogP contribution >= 0.6 is 0 Å². The van der Waals surface area contributed by atoms with Crippen molar-refractivity contribution in [3.8, 4) is 0 Å². The highest BCUT2D eigenvalue weighted by Crippen LogP contribution is 2.22. The van der Waals surface area contributed by atoms with Crippen LogP contribution in [0.4, 0.5) is 5.69 Å². The molecule has 0 saturated heterocycles. The highest BCUT2D eigenvalue weighted by atomic mass is 16.6. The molecule has 2 rings (SSSR count). The number of nitrogens with zero attached hydrogens (tertiary/aromatic N) is 1. The van der Waals surface area contributed by atoms with Gasteiger partial charge in [-0.2, -0.15) is 0 Å². The van der Waals surface area contributed by atoms with Gasteiger partial charge in [0.2, 0.25) is 5.91 Å². The lowest BCUT2D eigenvalue weighted by Gasteiger charge is -2.19. The van der Waals surface area contributed by atoms with Crippen LogP contribution in [0.5, 0.6) is 0 Å². The lowest BCUT2D eigenvalue weighted by molar-refractivity contribution is -0.385. The van der Waals surface area contributed by atoms with E-state index >= 15 is 0 Å². The third-order valence-electron chi connectivity index (χ3n) is 4.27. The van der Waals surface area contributed by atoms with Crippen molar-refractivity contribution in [2.45, 2.75) is 38.6 Å². The van der Waals surface area contributed by atoms with E-state index in [0.717, 1.165) is 5.56 Å². The van der Waals surface area contributed by atoms with Crippen LogP contribution in [-0.2, 0) is 16.6 Å². The van der Waals surface area contributed by atoms with E-state index in [2.05, 4.69) is 26.1 Å². The van der Waals surface area contributed by atoms with E-state index in [1.807, 2.05) is 12.1 Å². The maximum atomic E-state index is 12.5. The molecule has 27 heavy (non-hydrogen) atoms. The van der Waals surface area contributed by atoms with Gasteiger partial charge in [-0.3, -0.25) is 19.7 Å². The van der Waals surface area contributed by atoms with Gasteiger partial charge in [0.25, 0.3) is 11.6 Å². The van der Waals surface area contributed by atoms with Gasteiger partial charge in [0.05, 0.1) is 4.92 Å². The number of para-hydroxylation sites is 1. The Bertz CT molecular complexity index is 854. The normalized spacial score (nSPS) is 12.3. The Hall–Kier alpha value is -3.22. The molecule has 1 atom stereocenters. The van der Waals surface area contributed by atoms with E-state index < -0.39 is 22.8 Å².